The molecule has 0 fully saturated rings. The molecule has 3 rings (SSSR count). The summed E-state index contributed by atoms with van der Waals surface area (Å²) in [4.78, 5) is 4.48. The summed E-state index contributed by atoms with van der Waals surface area (Å²) in [5.41, 5.74) is 8.89. The fourth-order valence-corrected chi connectivity index (χ4v) is 2.10. The van der Waals surface area contributed by atoms with Gasteiger partial charge in [0.05, 0.1) is 11.2 Å². The number of nitrogen functional groups attached to an aromatic ring is 1. The molecule has 90 valence electrons. The van der Waals surface area contributed by atoms with E-state index in [4.69, 9.17) is 5.73 Å². The molecule has 0 saturated heterocycles. The molecule has 1 aromatic carbocycles. The molecule has 0 amide bonds. The molecule has 0 aliphatic carbocycles. The minimum atomic E-state index is -0.262. The minimum Gasteiger partial charge on any atom is -0.398 e. The molecule has 2 N–H and O–H groups in total. The molecule has 0 aliphatic heterocycles. The molecule has 0 unspecified atom stereocenters. The molecule has 3 aromatic rings. The molecule has 0 aliphatic rings. The van der Waals surface area contributed by atoms with Crippen molar-refractivity contribution in [3.8, 4) is 11.3 Å². The van der Waals surface area contributed by atoms with E-state index in [1.165, 1.54) is 12.1 Å². The van der Waals surface area contributed by atoms with Crippen LogP contribution in [0.2, 0.25) is 0 Å². The highest BCUT2D eigenvalue weighted by molar-refractivity contribution is 5.78. The van der Waals surface area contributed by atoms with Gasteiger partial charge in [0, 0.05) is 17.4 Å². The van der Waals surface area contributed by atoms with Gasteiger partial charge < -0.3 is 10.1 Å². The molecule has 2 aromatic heterocycles. The maximum Gasteiger partial charge on any atom is 0.123 e. The van der Waals surface area contributed by atoms with Crippen molar-refractivity contribution in [1.29, 1.82) is 0 Å². The summed E-state index contributed by atoms with van der Waals surface area (Å²) in [6.07, 6.45) is 1.82. The number of nitrogens with zero attached hydrogens (tertiary/aromatic N) is 2. The molecular formula is C14H12FN3. The zero-order chi connectivity index (χ0) is 12.7. The van der Waals surface area contributed by atoms with Gasteiger partial charge in [0.1, 0.15) is 11.6 Å². The van der Waals surface area contributed by atoms with Crippen LogP contribution in [-0.2, 0) is 0 Å². The summed E-state index contributed by atoms with van der Waals surface area (Å²) in [6, 6.07) is 10.2. The van der Waals surface area contributed by atoms with Crippen molar-refractivity contribution in [2.75, 3.05) is 5.73 Å². The average molecular weight is 241 g/mol. The smallest absolute Gasteiger partial charge is 0.123 e. The first-order chi connectivity index (χ1) is 8.65. The van der Waals surface area contributed by atoms with Gasteiger partial charge in [-0.1, -0.05) is 12.1 Å². The van der Waals surface area contributed by atoms with E-state index in [1.54, 1.807) is 6.07 Å². The number of fused-ring (bicyclic) bond motifs is 1. The Balaban J connectivity index is 2.30. The van der Waals surface area contributed by atoms with Gasteiger partial charge in [0.2, 0.25) is 0 Å². The lowest BCUT2D eigenvalue weighted by Gasteiger charge is -2.00. The summed E-state index contributed by atoms with van der Waals surface area (Å²) in [6.45, 7) is 1.90. The molecule has 0 spiro atoms. The molecule has 2 heterocycles. The van der Waals surface area contributed by atoms with E-state index < -0.39 is 0 Å². The van der Waals surface area contributed by atoms with Gasteiger partial charge in [-0.2, -0.15) is 0 Å². The van der Waals surface area contributed by atoms with Crippen molar-refractivity contribution in [3.05, 3.63) is 54.2 Å². The van der Waals surface area contributed by atoms with E-state index in [0.29, 0.717) is 5.69 Å². The van der Waals surface area contributed by atoms with E-state index in [9.17, 15) is 4.39 Å². The molecule has 4 heteroatoms. The van der Waals surface area contributed by atoms with Gasteiger partial charge in [-0.25, -0.2) is 9.37 Å². The molecule has 3 nitrogen and oxygen atoms in total. The zero-order valence-corrected chi connectivity index (χ0v) is 9.89. The Morgan fingerprint density at radius 2 is 2.06 bits per heavy atom. The first kappa shape index (κ1) is 10.8. The van der Waals surface area contributed by atoms with E-state index in [0.717, 1.165) is 22.6 Å². The van der Waals surface area contributed by atoms with Crippen LogP contribution in [0.4, 0.5) is 10.1 Å². The Hall–Kier alpha value is -2.36. The second-order valence-electron chi connectivity index (χ2n) is 4.24. The quantitative estimate of drug-likeness (QED) is 0.711. The average Bonchev–Trinajstić information content (AvgIpc) is 2.67. The number of aromatic nitrogens is 2. The summed E-state index contributed by atoms with van der Waals surface area (Å²) in [5, 5.41) is 0. The summed E-state index contributed by atoms with van der Waals surface area (Å²) in [7, 11) is 0. The van der Waals surface area contributed by atoms with E-state index in [2.05, 4.69) is 4.98 Å². The Bertz CT molecular complexity index is 731. The number of pyridine rings is 1. The molecule has 0 bridgehead atoms. The standard InChI is InChI=1S/C14H12FN3/c1-9-17-14(10-3-2-4-11(15)7-10)13-6-5-12(16)8-18(9)13/h2-8H,16H2,1H3. The van der Waals surface area contributed by atoms with Crippen LogP contribution < -0.4 is 5.73 Å². The van der Waals surface area contributed by atoms with Crippen molar-refractivity contribution < 1.29 is 4.39 Å². The van der Waals surface area contributed by atoms with E-state index >= 15 is 0 Å². The number of benzene rings is 1. The van der Waals surface area contributed by atoms with Crippen LogP contribution in [0.1, 0.15) is 5.82 Å². The summed E-state index contributed by atoms with van der Waals surface area (Å²) < 4.78 is 15.2. The number of rotatable bonds is 1. The number of nitrogens with two attached hydrogens (primary N) is 1. The Morgan fingerprint density at radius 1 is 1.22 bits per heavy atom. The lowest BCUT2D eigenvalue weighted by molar-refractivity contribution is 0.628. The summed E-state index contributed by atoms with van der Waals surface area (Å²) in [5.74, 6) is 0.568. The lowest BCUT2D eigenvalue weighted by atomic mass is 10.1. The zero-order valence-electron chi connectivity index (χ0n) is 9.89. The lowest BCUT2D eigenvalue weighted by Crippen LogP contribution is -1.91. The van der Waals surface area contributed by atoms with Gasteiger partial charge in [0.15, 0.2) is 0 Å². The molecule has 0 radical (unpaired) electrons. The Kier molecular flexibility index (Phi) is 2.30. The number of halogens is 1. The van der Waals surface area contributed by atoms with Crippen LogP contribution in [-0.4, -0.2) is 9.38 Å². The third-order valence-corrected chi connectivity index (χ3v) is 2.93. The third kappa shape index (κ3) is 1.62. The van der Waals surface area contributed by atoms with E-state index in [1.807, 2.05) is 35.7 Å². The number of anilines is 1. The van der Waals surface area contributed by atoms with Crippen LogP contribution in [0.25, 0.3) is 16.8 Å². The van der Waals surface area contributed by atoms with Crippen LogP contribution >= 0.6 is 0 Å². The molecule has 0 atom stereocenters. The van der Waals surface area contributed by atoms with Crippen LogP contribution in [0.3, 0.4) is 0 Å². The Labute approximate surface area is 104 Å². The number of hydrogen-bond acceptors (Lipinski definition) is 2. The van der Waals surface area contributed by atoms with Crippen LogP contribution in [0.15, 0.2) is 42.6 Å². The topological polar surface area (TPSA) is 43.3 Å². The predicted octanol–water partition coefficient (Wildman–Crippen LogP) is 3.03. The fourth-order valence-electron chi connectivity index (χ4n) is 2.10. The highest BCUT2D eigenvalue weighted by Gasteiger charge is 2.10. The fraction of sp³-hybridized carbons (Fsp3) is 0.0714. The van der Waals surface area contributed by atoms with Crippen molar-refractivity contribution in [2.24, 2.45) is 0 Å². The maximum atomic E-state index is 13.3. The minimum absolute atomic E-state index is 0.262. The second kappa shape index (κ2) is 3.84. The molecule has 0 saturated carbocycles. The predicted molar refractivity (Wildman–Crippen MR) is 69.7 cm³/mol. The van der Waals surface area contributed by atoms with Crippen LogP contribution in [0.5, 0.6) is 0 Å². The normalized spacial score (nSPS) is 11.0. The van der Waals surface area contributed by atoms with Gasteiger partial charge >= 0.3 is 0 Å². The highest BCUT2D eigenvalue weighted by atomic mass is 19.1. The number of imidazole rings is 1. The van der Waals surface area contributed by atoms with Crippen molar-refractivity contribution in [1.82, 2.24) is 9.38 Å². The Morgan fingerprint density at radius 3 is 2.83 bits per heavy atom. The first-order valence-corrected chi connectivity index (χ1v) is 5.65. The maximum absolute atomic E-state index is 13.3. The molecule has 18 heavy (non-hydrogen) atoms. The second-order valence-corrected chi connectivity index (χ2v) is 4.24. The third-order valence-electron chi connectivity index (χ3n) is 2.93. The SMILES string of the molecule is Cc1nc(-c2cccc(F)c2)c2ccc(N)cn12. The highest BCUT2D eigenvalue weighted by Crippen LogP contribution is 2.26. The van der Waals surface area contributed by atoms with Gasteiger partial charge in [-0.15, -0.1) is 0 Å². The van der Waals surface area contributed by atoms with Crippen molar-refractivity contribution in [3.63, 3.8) is 0 Å². The van der Waals surface area contributed by atoms with Gasteiger partial charge in [0.25, 0.3) is 0 Å². The largest absolute Gasteiger partial charge is 0.398 e. The monoisotopic (exact) mass is 241 g/mol. The molecular weight excluding hydrogens is 229 g/mol. The van der Waals surface area contributed by atoms with Crippen molar-refractivity contribution in [2.45, 2.75) is 6.92 Å². The number of hydrogen-bond donors (Lipinski definition) is 1. The first-order valence-electron chi connectivity index (χ1n) is 5.65. The van der Waals surface area contributed by atoms with Crippen LogP contribution in [0, 0.1) is 12.7 Å². The number of aryl methyl sites for hydroxylation is 1. The summed E-state index contributed by atoms with van der Waals surface area (Å²) >= 11 is 0. The van der Waals surface area contributed by atoms with Crippen molar-refractivity contribution >= 4 is 11.2 Å². The van der Waals surface area contributed by atoms with Gasteiger partial charge in [-0.05, 0) is 31.2 Å². The van der Waals surface area contributed by atoms with Gasteiger partial charge in [-0.3, -0.25) is 0 Å². The van der Waals surface area contributed by atoms with E-state index in [-0.39, 0.29) is 5.82 Å².